The van der Waals surface area contributed by atoms with Crippen LogP contribution in [-0.2, 0) is 13.0 Å². The molecule has 0 fully saturated rings. The number of ether oxygens (including phenoxy) is 2. The smallest absolute Gasteiger partial charge is 0.271 e. The van der Waals surface area contributed by atoms with Gasteiger partial charge in [0.2, 0.25) is 0 Å². The van der Waals surface area contributed by atoms with Crippen LogP contribution in [-0.4, -0.2) is 11.7 Å². The van der Waals surface area contributed by atoms with Gasteiger partial charge < -0.3 is 9.47 Å². The van der Waals surface area contributed by atoms with Crippen molar-refractivity contribution in [3.05, 3.63) is 140 Å². The summed E-state index contributed by atoms with van der Waals surface area (Å²) in [6.07, 6.45) is 3.72. The Morgan fingerprint density at radius 3 is 2.77 bits per heavy atom. The molecule has 0 unspecified atom stereocenters. The first-order valence-corrected chi connectivity index (χ1v) is 16.5. The largest absolute Gasteiger partial charge is 0.493 e. The molecule has 3 aromatic carbocycles. The monoisotopic (exact) mass is 713 g/mol. The van der Waals surface area contributed by atoms with Gasteiger partial charge in [0.1, 0.15) is 6.61 Å². The Hall–Kier alpha value is -3.98. The van der Waals surface area contributed by atoms with Crippen LogP contribution in [0.3, 0.4) is 0 Å². The van der Waals surface area contributed by atoms with Gasteiger partial charge >= 0.3 is 0 Å². The lowest BCUT2D eigenvalue weighted by Crippen LogP contribution is -2.38. The highest BCUT2D eigenvalue weighted by atomic mass is 127. The Balaban J connectivity index is 1.31. The van der Waals surface area contributed by atoms with Gasteiger partial charge in [0, 0.05) is 16.0 Å². The molecule has 1 aliphatic heterocycles. The Morgan fingerprint density at radius 2 is 1.95 bits per heavy atom. The number of benzene rings is 3. The summed E-state index contributed by atoms with van der Waals surface area (Å²) in [5, 5.41) is 11.5. The second-order valence-electron chi connectivity index (χ2n) is 10.2. The third-order valence-electron chi connectivity index (χ3n) is 7.74. The van der Waals surface area contributed by atoms with E-state index in [1.165, 1.54) is 22.5 Å². The lowest BCUT2D eigenvalue weighted by molar-refractivity contribution is 0.282. The number of methoxy groups -OCH3 is 1. The molecule has 0 bridgehead atoms. The van der Waals surface area contributed by atoms with Gasteiger partial charge in [-0.2, -0.15) is 5.26 Å². The summed E-state index contributed by atoms with van der Waals surface area (Å²) < 4.78 is 15.2. The van der Waals surface area contributed by atoms with Crippen LogP contribution in [0.1, 0.15) is 45.2 Å². The molecule has 0 N–H and O–H groups in total. The maximum Gasteiger partial charge on any atom is 0.271 e. The van der Waals surface area contributed by atoms with Crippen LogP contribution < -0.4 is 24.4 Å². The highest BCUT2D eigenvalue weighted by Crippen LogP contribution is 2.42. The molecule has 5 aromatic rings. The van der Waals surface area contributed by atoms with Gasteiger partial charge in [-0.25, -0.2) is 4.99 Å². The van der Waals surface area contributed by atoms with Gasteiger partial charge in [0.05, 0.1) is 38.6 Å². The maximum absolute atomic E-state index is 14.0. The van der Waals surface area contributed by atoms with Crippen LogP contribution in [0.2, 0.25) is 0 Å². The van der Waals surface area contributed by atoms with Gasteiger partial charge in [0.25, 0.3) is 5.56 Å². The van der Waals surface area contributed by atoms with E-state index in [1.807, 2.05) is 47.0 Å². The van der Waals surface area contributed by atoms with Crippen molar-refractivity contribution in [2.24, 2.45) is 4.99 Å². The summed E-state index contributed by atoms with van der Waals surface area (Å²) in [5.41, 5.74) is 6.84. The van der Waals surface area contributed by atoms with E-state index in [0.29, 0.717) is 26.4 Å². The number of halogens is 1. The van der Waals surface area contributed by atoms with E-state index >= 15 is 0 Å². The first kappa shape index (κ1) is 27.8. The first-order chi connectivity index (χ1) is 21.1. The quantitative estimate of drug-likeness (QED) is 0.190. The number of aryl methyl sites for hydroxylation is 1. The molecule has 1 atom stereocenters. The Labute approximate surface area is 269 Å². The van der Waals surface area contributed by atoms with E-state index in [4.69, 9.17) is 14.5 Å². The normalized spacial score (nSPS) is 15.7. The summed E-state index contributed by atoms with van der Waals surface area (Å²) in [4.78, 5) is 21.0. The summed E-state index contributed by atoms with van der Waals surface area (Å²) in [5.74, 6) is 1.15. The second kappa shape index (κ2) is 11.6. The summed E-state index contributed by atoms with van der Waals surface area (Å²) in [7, 11) is 1.60. The number of hydrogen-bond donors (Lipinski definition) is 0. The highest BCUT2D eigenvalue weighted by Gasteiger charge is 2.33. The average Bonchev–Trinajstić information content (AvgIpc) is 3.67. The highest BCUT2D eigenvalue weighted by molar-refractivity contribution is 14.1. The van der Waals surface area contributed by atoms with Gasteiger partial charge in [0.15, 0.2) is 16.3 Å². The molecule has 6 nitrogen and oxygen atoms in total. The van der Waals surface area contributed by atoms with Gasteiger partial charge in [-0.1, -0.05) is 59.9 Å². The molecule has 0 radical (unpaired) electrons. The Kier molecular flexibility index (Phi) is 7.51. The number of allylic oxidation sites excluding steroid dienone is 1. The standard InChI is InChI=1S/C34H24IN3O3S2/c1-40-27-16-20(15-26(35)32(27)41-19-23-9-3-2-8-22(23)18-36)17-29-33(39)38-31(28-11-6-14-42-28)25-13-12-21-7-4-5-10-24(21)30(25)37-34(38)43-29/h2-11,14-17,31H,12-13,19H2,1H3/b29-17+/t31-/m0/s1. The molecule has 1 aliphatic carbocycles. The van der Waals surface area contributed by atoms with E-state index in [-0.39, 0.29) is 18.2 Å². The van der Waals surface area contributed by atoms with Crippen molar-refractivity contribution >= 4 is 57.0 Å². The number of nitriles is 1. The molecule has 0 spiro atoms. The van der Waals surface area contributed by atoms with Crippen molar-refractivity contribution in [3.8, 4) is 17.6 Å². The van der Waals surface area contributed by atoms with E-state index in [2.05, 4.69) is 64.4 Å². The van der Waals surface area contributed by atoms with Crippen molar-refractivity contribution < 1.29 is 9.47 Å². The molecular formula is C34H24IN3O3S2. The van der Waals surface area contributed by atoms with Crippen LogP contribution in [0.15, 0.2) is 93.5 Å². The Morgan fingerprint density at radius 1 is 1.12 bits per heavy atom. The number of aromatic nitrogens is 1. The average molecular weight is 714 g/mol. The van der Waals surface area contributed by atoms with Crippen LogP contribution >= 0.6 is 45.3 Å². The summed E-state index contributed by atoms with van der Waals surface area (Å²) in [6.45, 7) is 0.241. The molecule has 0 saturated carbocycles. The molecule has 2 aromatic heterocycles. The molecular weight excluding hydrogens is 689 g/mol. The minimum atomic E-state index is -0.163. The number of hydrogen-bond acceptors (Lipinski definition) is 7. The molecule has 2 aliphatic rings. The minimum Gasteiger partial charge on any atom is -0.493 e. The Bertz CT molecular complexity index is 2140. The van der Waals surface area contributed by atoms with Crippen LogP contribution in [0.25, 0.3) is 11.8 Å². The molecule has 0 amide bonds. The summed E-state index contributed by atoms with van der Waals surface area (Å²) >= 11 is 5.32. The van der Waals surface area contributed by atoms with E-state index < -0.39 is 0 Å². The molecule has 212 valence electrons. The number of thiazole rings is 1. The topological polar surface area (TPSA) is 76.6 Å². The number of fused-ring (bicyclic) bond motifs is 3. The van der Waals surface area contributed by atoms with E-state index in [1.54, 1.807) is 24.5 Å². The van der Waals surface area contributed by atoms with Gasteiger partial charge in [-0.3, -0.25) is 9.36 Å². The molecule has 43 heavy (non-hydrogen) atoms. The molecule has 0 saturated heterocycles. The fourth-order valence-electron chi connectivity index (χ4n) is 5.74. The molecule has 3 heterocycles. The van der Waals surface area contributed by atoms with Crippen molar-refractivity contribution in [2.45, 2.75) is 25.5 Å². The predicted molar refractivity (Wildman–Crippen MR) is 178 cm³/mol. The lowest BCUT2D eigenvalue weighted by Gasteiger charge is -2.30. The summed E-state index contributed by atoms with van der Waals surface area (Å²) in [6, 6.07) is 25.9. The fraction of sp³-hybridized carbons (Fsp3) is 0.147. The molecule has 7 rings (SSSR count). The predicted octanol–water partition coefficient (Wildman–Crippen LogP) is 6.44. The third-order valence-corrected chi connectivity index (χ3v) is 10.5. The lowest BCUT2D eigenvalue weighted by atomic mass is 9.85. The number of rotatable bonds is 6. The maximum atomic E-state index is 14.0. The number of nitrogens with zero attached hydrogens (tertiary/aromatic N) is 3. The zero-order chi connectivity index (χ0) is 29.5. The van der Waals surface area contributed by atoms with Gasteiger partial charge in [-0.05, 0) is 87.9 Å². The molecule has 9 heteroatoms. The zero-order valence-electron chi connectivity index (χ0n) is 23.0. The van der Waals surface area contributed by atoms with E-state index in [0.717, 1.165) is 43.7 Å². The zero-order valence-corrected chi connectivity index (χ0v) is 26.8. The SMILES string of the molecule is COc1cc(/C=c2/sc3n(c2=O)[C@H](c2cccs2)C2=C(N=3)c3ccccc3CC2)cc(I)c1OCc1ccccc1C#N. The van der Waals surface area contributed by atoms with Gasteiger partial charge in [-0.15, -0.1) is 11.3 Å². The first-order valence-electron chi connectivity index (χ1n) is 13.7. The van der Waals surface area contributed by atoms with Crippen molar-refractivity contribution in [3.63, 3.8) is 0 Å². The van der Waals surface area contributed by atoms with Crippen LogP contribution in [0, 0.1) is 14.9 Å². The minimum absolute atomic E-state index is 0.0463. The third kappa shape index (κ3) is 5.03. The van der Waals surface area contributed by atoms with Crippen LogP contribution in [0.4, 0.5) is 0 Å². The fourth-order valence-corrected chi connectivity index (χ4v) is 8.37. The van der Waals surface area contributed by atoms with Crippen molar-refractivity contribution in [2.75, 3.05) is 7.11 Å². The van der Waals surface area contributed by atoms with Crippen LogP contribution in [0.5, 0.6) is 11.5 Å². The van der Waals surface area contributed by atoms with Crippen molar-refractivity contribution in [1.29, 1.82) is 5.26 Å². The number of thiophene rings is 1. The second-order valence-corrected chi connectivity index (χ2v) is 13.4. The van der Waals surface area contributed by atoms with E-state index in [9.17, 15) is 10.1 Å². The van der Waals surface area contributed by atoms with Crippen molar-refractivity contribution in [1.82, 2.24) is 4.57 Å².